The van der Waals surface area contributed by atoms with Crippen molar-refractivity contribution >= 4 is 23.2 Å². The summed E-state index contributed by atoms with van der Waals surface area (Å²) in [5.74, 6) is 0. The number of halogens is 2. The molecule has 1 N–H and O–H groups in total. The van der Waals surface area contributed by atoms with Gasteiger partial charge in [0.15, 0.2) is 0 Å². The van der Waals surface area contributed by atoms with Crippen molar-refractivity contribution in [1.82, 2.24) is 9.88 Å². The van der Waals surface area contributed by atoms with Crippen LogP contribution in [0, 0.1) is 6.92 Å². The molecule has 5 heteroatoms. The predicted molar refractivity (Wildman–Crippen MR) is 66.5 cm³/mol. The van der Waals surface area contributed by atoms with Crippen LogP contribution < -0.4 is 5.32 Å². The number of aromatic nitrogens is 1. The third-order valence-electron chi connectivity index (χ3n) is 3.22. The van der Waals surface area contributed by atoms with E-state index in [4.69, 9.17) is 27.9 Å². The second-order valence-electron chi connectivity index (χ2n) is 4.12. The molecule has 0 aliphatic carbocycles. The zero-order valence-corrected chi connectivity index (χ0v) is 11.0. The second kappa shape index (κ2) is 4.96. The summed E-state index contributed by atoms with van der Waals surface area (Å²) in [6.07, 6.45) is 3.11. The normalized spacial score (nSPS) is 26.0. The van der Waals surface area contributed by atoms with Gasteiger partial charge in [0, 0.05) is 25.5 Å². The van der Waals surface area contributed by atoms with Gasteiger partial charge in [-0.25, -0.2) is 0 Å². The summed E-state index contributed by atoms with van der Waals surface area (Å²) in [6, 6.07) is 0.316. The number of rotatable bonds is 2. The highest BCUT2D eigenvalue weighted by Gasteiger charge is 2.28. The van der Waals surface area contributed by atoms with Crippen molar-refractivity contribution in [3.63, 3.8) is 0 Å². The van der Waals surface area contributed by atoms with Crippen molar-refractivity contribution in [2.45, 2.75) is 25.5 Å². The average molecular weight is 263 g/mol. The molecule has 0 unspecified atom stereocenters. The topological polar surface area (TPSA) is 26.2 Å². The molecule has 0 amide bonds. The van der Waals surface area contributed by atoms with Gasteiger partial charge in [0.25, 0.3) is 0 Å². The first kappa shape index (κ1) is 12.2. The van der Waals surface area contributed by atoms with Crippen LogP contribution in [0.2, 0.25) is 10.0 Å². The Morgan fingerprint density at radius 2 is 2.25 bits per heavy atom. The van der Waals surface area contributed by atoms with Gasteiger partial charge in [0.05, 0.1) is 22.2 Å². The lowest BCUT2D eigenvalue weighted by atomic mass is 10.0. The van der Waals surface area contributed by atoms with E-state index in [-0.39, 0.29) is 6.10 Å². The van der Waals surface area contributed by atoms with E-state index in [1.165, 1.54) is 0 Å². The number of ether oxygens (including phenoxy) is 1. The number of nitrogens with zero attached hydrogens (tertiary/aromatic N) is 1. The SMILES string of the molecule is CO[C@@H]1CNCC[C@@H]1n1cc(Cl)c(Cl)c1C. The Morgan fingerprint density at radius 3 is 2.81 bits per heavy atom. The molecule has 16 heavy (non-hydrogen) atoms. The maximum atomic E-state index is 6.10. The first-order valence-corrected chi connectivity index (χ1v) is 6.16. The highest BCUT2D eigenvalue weighted by atomic mass is 35.5. The maximum absolute atomic E-state index is 6.10. The Labute approximate surface area is 106 Å². The Balaban J connectivity index is 2.30. The van der Waals surface area contributed by atoms with Crippen molar-refractivity contribution in [3.8, 4) is 0 Å². The first-order chi connectivity index (χ1) is 7.65. The van der Waals surface area contributed by atoms with Gasteiger partial charge >= 0.3 is 0 Å². The van der Waals surface area contributed by atoms with Crippen LogP contribution in [-0.4, -0.2) is 30.9 Å². The lowest BCUT2D eigenvalue weighted by Gasteiger charge is -2.33. The third-order valence-corrected chi connectivity index (χ3v) is 4.08. The number of hydrogen-bond acceptors (Lipinski definition) is 2. The molecule has 1 fully saturated rings. The summed E-state index contributed by atoms with van der Waals surface area (Å²) in [4.78, 5) is 0. The minimum Gasteiger partial charge on any atom is -0.378 e. The zero-order chi connectivity index (χ0) is 11.7. The molecule has 1 aromatic rings. The van der Waals surface area contributed by atoms with Crippen molar-refractivity contribution in [2.24, 2.45) is 0 Å². The first-order valence-electron chi connectivity index (χ1n) is 5.41. The van der Waals surface area contributed by atoms with Gasteiger partial charge < -0.3 is 14.6 Å². The number of methoxy groups -OCH3 is 1. The summed E-state index contributed by atoms with van der Waals surface area (Å²) < 4.78 is 7.63. The number of hydrogen-bond donors (Lipinski definition) is 1. The molecule has 2 rings (SSSR count). The van der Waals surface area contributed by atoms with Crippen LogP contribution in [0.5, 0.6) is 0 Å². The Morgan fingerprint density at radius 1 is 1.50 bits per heavy atom. The van der Waals surface area contributed by atoms with Crippen LogP contribution in [0.15, 0.2) is 6.20 Å². The average Bonchev–Trinajstić information content (AvgIpc) is 2.57. The van der Waals surface area contributed by atoms with E-state index in [2.05, 4.69) is 9.88 Å². The van der Waals surface area contributed by atoms with Crippen LogP contribution in [0.4, 0.5) is 0 Å². The van der Waals surface area contributed by atoms with Crippen LogP contribution in [0.25, 0.3) is 0 Å². The summed E-state index contributed by atoms with van der Waals surface area (Å²) in [6.45, 7) is 3.86. The molecule has 0 saturated carbocycles. The molecule has 3 nitrogen and oxygen atoms in total. The monoisotopic (exact) mass is 262 g/mol. The summed E-state index contributed by atoms with van der Waals surface area (Å²) >= 11 is 12.1. The van der Waals surface area contributed by atoms with E-state index in [1.807, 2.05) is 13.1 Å². The van der Waals surface area contributed by atoms with Gasteiger partial charge in [0.2, 0.25) is 0 Å². The van der Waals surface area contributed by atoms with Crippen LogP contribution in [0.3, 0.4) is 0 Å². The fourth-order valence-corrected chi connectivity index (χ4v) is 2.67. The lowest BCUT2D eigenvalue weighted by molar-refractivity contribution is 0.0386. The molecule has 90 valence electrons. The standard InChI is InChI=1S/C11H16Cl2N2O/c1-7-11(13)8(12)6-15(7)9-3-4-14-5-10(9)16-2/h6,9-10,14H,3-5H2,1-2H3/t9-,10+/m0/s1. The predicted octanol–water partition coefficient (Wildman–Crippen LogP) is 2.65. The van der Waals surface area contributed by atoms with Crippen LogP contribution >= 0.6 is 23.2 Å². The molecule has 1 aliphatic rings. The van der Waals surface area contributed by atoms with E-state index < -0.39 is 0 Å². The molecular formula is C11H16Cl2N2O. The fourth-order valence-electron chi connectivity index (χ4n) is 2.28. The van der Waals surface area contributed by atoms with Crippen molar-refractivity contribution in [2.75, 3.05) is 20.2 Å². The Bertz CT molecular complexity index is 378. The zero-order valence-electron chi connectivity index (χ0n) is 9.46. The molecular weight excluding hydrogens is 247 g/mol. The smallest absolute Gasteiger partial charge is 0.0902 e. The maximum Gasteiger partial charge on any atom is 0.0902 e. The molecule has 2 atom stereocenters. The van der Waals surface area contributed by atoms with Crippen molar-refractivity contribution in [1.29, 1.82) is 0 Å². The van der Waals surface area contributed by atoms with Crippen LogP contribution in [-0.2, 0) is 4.74 Å². The third kappa shape index (κ3) is 2.09. The lowest BCUT2D eigenvalue weighted by Crippen LogP contribution is -2.42. The summed E-state index contributed by atoms with van der Waals surface area (Å²) in [7, 11) is 1.74. The molecule has 0 aromatic carbocycles. The van der Waals surface area contributed by atoms with Crippen LogP contribution in [0.1, 0.15) is 18.2 Å². The van der Waals surface area contributed by atoms with Gasteiger partial charge in [-0.05, 0) is 19.9 Å². The van der Waals surface area contributed by atoms with Crippen molar-refractivity contribution < 1.29 is 4.74 Å². The highest BCUT2D eigenvalue weighted by molar-refractivity contribution is 6.42. The van der Waals surface area contributed by atoms with Crippen molar-refractivity contribution in [3.05, 3.63) is 21.9 Å². The highest BCUT2D eigenvalue weighted by Crippen LogP contribution is 2.32. The summed E-state index contributed by atoms with van der Waals surface area (Å²) in [5.41, 5.74) is 1.01. The van der Waals surface area contributed by atoms with Gasteiger partial charge in [-0.2, -0.15) is 0 Å². The minimum absolute atomic E-state index is 0.173. The van der Waals surface area contributed by atoms with Gasteiger partial charge in [-0.1, -0.05) is 23.2 Å². The molecule has 0 radical (unpaired) electrons. The van der Waals surface area contributed by atoms with E-state index in [1.54, 1.807) is 7.11 Å². The van der Waals surface area contributed by atoms with E-state index >= 15 is 0 Å². The minimum atomic E-state index is 0.173. The Hall–Kier alpha value is -0.220. The summed E-state index contributed by atoms with van der Waals surface area (Å²) in [5, 5.41) is 4.59. The van der Waals surface area contributed by atoms with Gasteiger partial charge in [0.1, 0.15) is 0 Å². The fraction of sp³-hybridized carbons (Fsp3) is 0.636. The van der Waals surface area contributed by atoms with E-state index in [0.29, 0.717) is 16.1 Å². The molecule has 2 heterocycles. The Kier molecular flexibility index (Phi) is 3.80. The molecule has 0 bridgehead atoms. The quantitative estimate of drug-likeness (QED) is 0.887. The molecule has 1 saturated heterocycles. The van der Waals surface area contributed by atoms with E-state index in [9.17, 15) is 0 Å². The number of piperidine rings is 1. The second-order valence-corrected chi connectivity index (χ2v) is 4.90. The molecule has 1 aliphatic heterocycles. The number of nitrogens with one attached hydrogen (secondary N) is 1. The molecule has 1 aromatic heterocycles. The molecule has 0 spiro atoms. The van der Waals surface area contributed by atoms with E-state index in [0.717, 1.165) is 25.2 Å². The van der Waals surface area contributed by atoms with Gasteiger partial charge in [-0.3, -0.25) is 0 Å². The van der Waals surface area contributed by atoms with Gasteiger partial charge in [-0.15, -0.1) is 0 Å². The largest absolute Gasteiger partial charge is 0.378 e.